The van der Waals surface area contributed by atoms with E-state index in [0.29, 0.717) is 11.6 Å². The van der Waals surface area contributed by atoms with Crippen molar-refractivity contribution < 1.29 is 14.6 Å². The number of hydrogen-bond donors (Lipinski definition) is 1. The Hall–Kier alpha value is -1.55. The lowest BCUT2D eigenvalue weighted by atomic mass is 9.94. The van der Waals surface area contributed by atoms with E-state index in [0.717, 1.165) is 37.4 Å². The van der Waals surface area contributed by atoms with Crippen LogP contribution in [0.1, 0.15) is 34.8 Å². The van der Waals surface area contributed by atoms with Crippen LogP contribution in [-0.4, -0.2) is 35.7 Å². The maximum absolute atomic E-state index is 11.0. The van der Waals surface area contributed by atoms with E-state index in [1.807, 2.05) is 0 Å². The van der Waals surface area contributed by atoms with E-state index >= 15 is 0 Å². The molecule has 0 aromatic heterocycles. The maximum atomic E-state index is 11.0. The van der Waals surface area contributed by atoms with Crippen LogP contribution in [0.2, 0.25) is 0 Å². The number of benzene rings is 1. The third-order valence-corrected chi connectivity index (χ3v) is 3.60. The second-order valence-electron chi connectivity index (χ2n) is 4.60. The molecule has 0 bridgehead atoms. The van der Waals surface area contributed by atoms with Crippen LogP contribution >= 0.6 is 0 Å². The van der Waals surface area contributed by atoms with Crippen LogP contribution in [0.15, 0.2) is 18.2 Å². The molecule has 0 spiro atoms. The number of ether oxygens (including phenoxy) is 1. The smallest absolute Gasteiger partial charge is 0.335 e. The minimum atomic E-state index is -0.874. The molecule has 0 amide bonds. The fourth-order valence-electron chi connectivity index (χ4n) is 2.54. The van der Waals surface area contributed by atoms with E-state index in [4.69, 9.17) is 9.84 Å². The van der Waals surface area contributed by atoms with E-state index in [1.165, 1.54) is 6.42 Å². The summed E-state index contributed by atoms with van der Waals surface area (Å²) >= 11 is 0. The van der Waals surface area contributed by atoms with Gasteiger partial charge in [0.25, 0.3) is 0 Å². The van der Waals surface area contributed by atoms with Crippen molar-refractivity contribution in [2.75, 3.05) is 19.7 Å². The molecule has 1 fully saturated rings. The lowest BCUT2D eigenvalue weighted by Crippen LogP contribution is -2.42. The van der Waals surface area contributed by atoms with Crippen LogP contribution in [-0.2, 0) is 0 Å². The van der Waals surface area contributed by atoms with Gasteiger partial charge in [-0.05, 0) is 37.7 Å². The van der Waals surface area contributed by atoms with Crippen molar-refractivity contribution in [2.45, 2.75) is 18.9 Å². The second-order valence-corrected chi connectivity index (χ2v) is 4.60. The van der Waals surface area contributed by atoms with Gasteiger partial charge in [-0.1, -0.05) is 0 Å². The molecule has 2 aliphatic heterocycles. The molecule has 2 aliphatic rings. The molecule has 1 unspecified atom stereocenters. The third kappa shape index (κ3) is 1.78. The van der Waals surface area contributed by atoms with Crippen molar-refractivity contribution in [1.82, 2.24) is 4.90 Å². The van der Waals surface area contributed by atoms with Crippen molar-refractivity contribution in [1.29, 1.82) is 0 Å². The minimum absolute atomic E-state index is 0.340. The van der Waals surface area contributed by atoms with Crippen LogP contribution < -0.4 is 4.74 Å². The van der Waals surface area contributed by atoms with E-state index in [-0.39, 0.29) is 0 Å². The summed E-state index contributed by atoms with van der Waals surface area (Å²) < 4.78 is 5.59. The molecule has 1 saturated heterocycles. The number of carboxylic acids is 1. The van der Waals surface area contributed by atoms with E-state index < -0.39 is 5.97 Å². The predicted molar refractivity (Wildman–Crippen MR) is 62.4 cm³/mol. The van der Waals surface area contributed by atoms with E-state index in [9.17, 15) is 4.79 Å². The molecule has 1 aromatic carbocycles. The fourth-order valence-corrected chi connectivity index (χ4v) is 2.54. The first-order chi connectivity index (χ1) is 8.25. The molecular weight excluding hydrogens is 218 g/mol. The van der Waals surface area contributed by atoms with Gasteiger partial charge in [0.1, 0.15) is 5.75 Å². The Morgan fingerprint density at radius 1 is 1.41 bits per heavy atom. The van der Waals surface area contributed by atoms with Crippen molar-refractivity contribution in [3.8, 4) is 5.75 Å². The SMILES string of the molecule is O=C(O)c1ccc2c(c1)C(N1CCC1)CCO2. The molecule has 0 saturated carbocycles. The highest BCUT2D eigenvalue weighted by atomic mass is 16.5. The average Bonchev–Trinajstić information content (AvgIpc) is 2.26. The Bertz CT molecular complexity index is 454. The monoisotopic (exact) mass is 233 g/mol. The van der Waals surface area contributed by atoms with Crippen molar-refractivity contribution in [2.24, 2.45) is 0 Å². The van der Waals surface area contributed by atoms with E-state index in [1.54, 1.807) is 18.2 Å². The van der Waals surface area contributed by atoms with Gasteiger partial charge in [-0.2, -0.15) is 0 Å². The fraction of sp³-hybridized carbons (Fsp3) is 0.462. The summed E-state index contributed by atoms with van der Waals surface area (Å²) in [7, 11) is 0. The molecule has 1 N–H and O–H groups in total. The molecule has 90 valence electrons. The van der Waals surface area contributed by atoms with Crippen molar-refractivity contribution in [3.05, 3.63) is 29.3 Å². The van der Waals surface area contributed by atoms with Crippen molar-refractivity contribution >= 4 is 5.97 Å². The molecule has 2 heterocycles. The van der Waals surface area contributed by atoms with Gasteiger partial charge >= 0.3 is 5.97 Å². The first-order valence-corrected chi connectivity index (χ1v) is 6.00. The highest BCUT2D eigenvalue weighted by Crippen LogP contribution is 2.38. The summed E-state index contributed by atoms with van der Waals surface area (Å²) in [5, 5.41) is 9.03. The Morgan fingerprint density at radius 2 is 2.24 bits per heavy atom. The zero-order valence-corrected chi connectivity index (χ0v) is 9.56. The number of likely N-dealkylation sites (tertiary alicyclic amines) is 1. The Morgan fingerprint density at radius 3 is 2.88 bits per heavy atom. The molecule has 17 heavy (non-hydrogen) atoms. The Labute approximate surface area is 99.8 Å². The highest BCUT2D eigenvalue weighted by Gasteiger charge is 2.30. The van der Waals surface area contributed by atoms with Gasteiger partial charge in [-0.3, -0.25) is 4.90 Å². The van der Waals surface area contributed by atoms with Gasteiger partial charge in [-0.25, -0.2) is 4.79 Å². The third-order valence-electron chi connectivity index (χ3n) is 3.60. The maximum Gasteiger partial charge on any atom is 0.335 e. The molecular formula is C13H15NO3. The van der Waals surface area contributed by atoms with E-state index in [2.05, 4.69) is 4.90 Å². The number of carboxylic acid groups (broad SMARTS) is 1. The first-order valence-electron chi connectivity index (χ1n) is 6.00. The van der Waals surface area contributed by atoms with Gasteiger partial charge in [0, 0.05) is 18.0 Å². The predicted octanol–water partition coefficient (Wildman–Crippen LogP) is 1.91. The van der Waals surface area contributed by atoms with Gasteiger partial charge < -0.3 is 9.84 Å². The van der Waals surface area contributed by atoms with Crippen LogP contribution in [0.3, 0.4) is 0 Å². The Kier molecular flexibility index (Phi) is 2.52. The summed E-state index contributed by atoms with van der Waals surface area (Å²) in [5.41, 5.74) is 1.38. The summed E-state index contributed by atoms with van der Waals surface area (Å²) in [4.78, 5) is 13.4. The lowest BCUT2D eigenvalue weighted by Gasteiger charge is -2.41. The number of fused-ring (bicyclic) bond motifs is 1. The highest BCUT2D eigenvalue weighted by molar-refractivity contribution is 5.88. The van der Waals surface area contributed by atoms with Crippen LogP contribution in [0.4, 0.5) is 0 Å². The number of aromatic carboxylic acids is 1. The summed E-state index contributed by atoms with van der Waals surface area (Å²) in [6.07, 6.45) is 2.20. The minimum Gasteiger partial charge on any atom is -0.493 e. The average molecular weight is 233 g/mol. The van der Waals surface area contributed by atoms with Crippen LogP contribution in [0.25, 0.3) is 0 Å². The van der Waals surface area contributed by atoms with Gasteiger partial charge in [0.05, 0.1) is 12.2 Å². The quantitative estimate of drug-likeness (QED) is 0.847. The number of hydrogen-bond acceptors (Lipinski definition) is 3. The first kappa shape index (κ1) is 10.6. The molecule has 3 rings (SSSR count). The van der Waals surface area contributed by atoms with Gasteiger partial charge in [0.2, 0.25) is 0 Å². The standard InChI is InChI=1S/C13H15NO3/c15-13(16)9-2-3-12-10(8-9)11(4-7-17-12)14-5-1-6-14/h2-3,8,11H,1,4-7H2,(H,15,16). The normalized spacial score (nSPS) is 23.4. The molecule has 0 aliphatic carbocycles. The zero-order chi connectivity index (χ0) is 11.8. The van der Waals surface area contributed by atoms with Gasteiger partial charge in [0.15, 0.2) is 0 Å². The topological polar surface area (TPSA) is 49.8 Å². The second kappa shape index (κ2) is 4.04. The molecule has 4 heteroatoms. The number of nitrogens with zero attached hydrogens (tertiary/aromatic N) is 1. The van der Waals surface area contributed by atoms with Crippen molar-refractivity contribution in [3.63, 3.8) is 0 Å². The summed E-state index contributed by atoms with van der Waals surface area (Å²) in [6.45, 7) is 2.95. The summed E-state index contributed by atoms with van der Waals surface area (Å²) in [5.74, 6) is -0.0288. The summed E-state index contributed by atoms with van der Waals surface area (Å²) in [6, 6.07) is 5.50. The number of carbonyl (C=O) groups is 1. The largest absolute Gasteiger partial charge is 0.493 e. The van der Waals surface area contributed by atoms with Crippen LogP contribution in [0, 0.1) is 0 Å². The zero-order valence-electron chi connectivity index (χ0n) is 9.56. The molecule has 1 aromatic rings. The van der Waals surface area contributed by atoms with Gasteiger partial charge in [-0.15, -0.1) is 0 Å². The Balaban J connectivity index is 1.98. The molecule has 0 radical (unpaired) electrons. The van der Waals surface area contributed by atoms with Crippen LogP contribution in [0.5, 0.6) is 5.75 Å². The lowest BCUT2D eigenvalue weighted by molar-refractivity contribution is 0.0693. The molecule has 4 nitrogen and oxygen atoms in total. The molecule has 1 atom stereocenters. The number of rotatable bonds is 2.